The molecule has 108 valence electrons. The SMILES string of the molecule is N#Cc1ccc(OCCCSc2ccc(F)cc2F)cc1. The lowest BCUT2D eigenvalue weighted by atomic mass is 10.2. The van der Waals surface area contributed by atoms with Gasteiger partial charge in [-0.15, -0.1) is 11.8 Å². The van der Waals surface area contributed by atoms with E-state index >= 15 is 0 Å². The van der Waals surface area contributed by atoms with Crippen LogP contribution in [0.3, 0.4) is 0 Å². The zero-order chi connectivity index (χ0) is 15.1. The minimum Gasteiger partial charge on any atom is -0.494 e. The normalized spacial score (nSPS) is 10.1. The summed E-state index contributed by atoms with van der Waals surface area (Å²) in [4.78, 5) is 0.440. The Labute approximate surface area is 126 Å². The molecule has 2 nitrogen and oxygen atoms in total. The van der Waals surface area contributed by atoms with Crippen molar-refractivity contribution < 1.29 is 13.5 Å². The number of hydrogen-bond donors (Lipinski definition) is 0. The van der Waals surface area contributed by atoms with E-state index in [-0.39, 0.29) is 0 Å². The van der Waals surface area contributed by atoms with Gasteiger partial charge in [0.1, 0.15) is 17.4 Å². The lowest BCUT2D eigenvalue weighted by Crippen LogP contribution is -1.99. The molecule has 0 atom stereocenters. The van der Waals surface area contributed by atoms with Crippen molar-refractivity contribution >= 4 is 11.8 Å². The van der Waals surface area contributed by atoms with E-state index in [0.717, 1.165) is 12.5 Å². The number of nitrogens with zero attached hydrogens (tertiary/aromatic N) is 1. The number of rotatable bonds is 6. The van der Waals surface area contributed by atoms with Gasteiger partial charge >= 0.3 is 0 Å². The Morgan fingerprint density at radius 1 is 1.10 bits per heavy atom. The summed E-state index contributed by atoms with van der Waals surface area (Å²) in [5.41, 5.74) is 0.588. The highest BCUT2D eigenvalue weighted by atomic mass is 32.2. The average Bonchev–Trinajstić information content (AvgIpc) is 2.49. The lowest BCUT2D eigenvalue weighted by molar-refractivity contribution is 0.318. The first-order valence-corrected chi connectivity index (χ1v) is 7.38. The van der Waals surface area contributed by atoms with Crippen LogP contribution in [0.15, 0.2) is 47.4 Å². The number of nitriles is 1. The highest BCUT2D eigenvalue weighted by Gasteiger charge is 2.04. The van der Waals surface area contributed by atoms with Crippen LogP contribution in [-0.2, 0) is 0 Å². The molecule has 2 aromatic carbocycles. The fourth-order valence-electron chi connectivity index (χ4n) is 1.65. The van der Waals surface area contributed by atoms with Gasteiger partial charge in [0.05, 0.1) is 18.2 Å². The summed E-state index contributed by atoms with van der Waals surface area (Å²) in [6.45, 7) is 0.502. The first kappa shape index (κ1) is 15.3. The summed E-state index contributed by atoms with van der Waals surface area (Å²) in [5, 5.41) is 8.67. The molecule has 0 aliphatic rings. The van der Waals surface area contributed by atoms with Crippen LogP contribution in [0.5, 0.6) is 5.75 Å². The molecular weight excluding hydrogens is 292 g/mol. The van der Waals surface area contributed by atoms with Gasteiger partial charge in [0.25, 0.3) is 0 Å². The zero-order valence-electron chi connectivity index (χ0n) is 11.2. The van der Waals surface area contributed by atoms with Crippen molar-refractivity contribution in [3.8, 4) is 11.8 Å². The van der Waals surface area contributed by atoms with Gasteiger partial charge in [0, 0.05) is 16.7 Å². The van der Waals surface area contributed by atoms with Crippen molar-refractivity contribution in [2.45, 2.75) is 11.3 Å². The molecule has 0 fully saturated rings. The van der Waals surface area contributed by atoms with E-state index in [0.29, 0.717) is 28.6 Å². The van der Waals surface area contributed by atoms with Gasteiger partial charge in [-0.3, -0.25) is 0 Å². The van der Waals surface area contributed by atoms with Crippen LogP contribution in [0.4, 0.5) is 8.78 Å². The molecule has 0 aromatic heterocycles. The van der Waals surface area contributed by atoms with E-state index in [1.807, 2.05) is 6.07 Å². The number of benzene rings is 2. The summed E-state index contributed by atoms with van der Waals surface area (Å²) >= 11 is 1.33. The zero-order valence-corrected chi connectivity index (χ0v) is 12.0. The van der Waals surface area contributed by atoms with Gasteiger partial charge in [-0.05, 0) is 42.8 Å². The molecular formula is C16H13F2NOS. The molecule has 0 N–H and O–H groups in total. The van der Waals surface area contributed by atoms with E-state index in [1.54, 1.807) is 24.3 Å². The third-order valence-corrected chi connectivity index (χ3v) is 3.83. The minimum absolute atomic E-state index is 0.440. The third kappa shape index (κ3) is 4.76. The molecule has 2 aromatic rings. The van der Waals surface area contributed by atoms with Gasteiger partial charge < -0.3 is 4.74 Å². The van der Waals surface area contributed by atoms with E-state index < -0.39 is 11.6 Å². The fraction of sp³-hybridized carbons (Fsp3) is 0.188. The van der Waals surface area contributed by atoms with Gasteiger partial charge in [-0.1, -0.05) is 0 Å². The van der Waals surface area contributed by atoms with Crippen LogP contribution in [0, 0.1) is 23.0 Å². The Hall–Kier alpha value is -2.06. The Morgan fingerprint density at radius 2 is 1.86 bits per heavy atom. The predicted molar refractivity (Wildman–Crippen MR) is 78.4 cm³/mol. The molecule has 0 aliphatic carbocycles. The van der Waals surface area contributed by atoms with Crippen molar-refractivity contribution in [2.24, 2.45) is 0 Å². The topological polar surface area (TPSA) is 33.0 Å². The standard InChI is InChI=1S/C16H13F2NOS/c17-13-4-7-16(15(18)10-13)21-9-1-8-20-14-5-2-12(11-19)3-6-14/h2-7,10H,1,8-9H2. The Morgan fingerprint density at radius 3 is 2.52 bits per heavy atom. The maximum Gasteiger partial charge on any atom is 0.139 e. The molecule has 0 bridgehead atoms. The third-order valence-electron chi connectivity index (χ3n) is 2.69. The van der Waals surface area contributed by atoms with E-state index in [1.165, 1.54) is 23.9 Å². The van der Waals surface area contributed by atoms with Crippen LogP contribution < -0.4 is 4.74 Å². The average molecular weight is 305 g/mol. The molecule has 0 spiro atoms. The molecule has 0 saturated carbocycles. The second-order valence-corrected chi connectivity index (χ2v) is 5.40. The van der Waals surface area contributed by atoms with Crippen molar-refractivity contribution in [2.75, 3.05) is 12.4 Å². The Balaban J connectivity index is 1.71. The van der Waals surface area contributed by atoms with Crippen molar-refractivity contribution in [3.63, 3.8) is 0 Å². The minimum atomic E-state index is -0.569. The Bertz CT molecular complexity index is 638. The van der Waals surface area contributed by atoms with Crippen molar-refractivity contribution in [1.29, 1.82) is 5.26 Å². The smallest absolute Gasteiger partial charge is 0.139 e. The summed E-state index contributed by atoms with van der Waals surface area (Å²) in [6, 6.07) is 12.5. The van der Waals surface area contributed by atoms with Gasteiger partial charge in [-0.25, -0.2) is 8.78 Å². The molecule has 0 unspecified atom stereocenters. The highest BCUT2D eigenvalue weighted by molar-refractivity contribution is 7.99. The monoisotopic (exact) mass is 305 g/mol. The first-order valence-electron chi connectivity index (χ1n) is 6.40. The number of hydrogen-bond acceptors (Lipinski definition) is 3. The summed E-state index contributed by atoms with van der Waals surface area (Å²) in [6.07, 6.45) is 0.738. The second kappa shape index (κ2) is 7.65. The number of halogens is 2. The maximum absolute atomic E-state index is 13.4. The Kier molecular flexibility index (Phi) is 5.59. The van der Waals surface area contributed by atoms with Gasteiger partial charge in [-0.2, -0.15) is 5.26 Å². The van der Waals surface area contributed by atoms with Crippen LogP contribution in [0.2, 0.25) is 0 Å². The van der Waals surface area contributed by atoms with E-state index in [4.69, 9.17) is 10.00 Å². The van der Waals surface area contributed by atoms with Crippen LogP contribution in [0.25, 0.3) is 0 Å². The molecule has 0 aliphatic heterocycles. The molecule has 0 saturated heterocycles. The molecule has 2 rings (SSSR count). The van der Waals surface area contributed by atoms with Gasteiger partial charge in [0.15, 0.2) is 0 Å². The first-order chi connectivity index (χ1) is 10.2. The van der Waals surface area contributed by atoms with Crippen LogP contribution >= 0.6 is 11.8 Å². The maximum atomic E-state index is 13.4. The van der Waals surface area contributed by atoms with E-state index in [9.17, 15) is 8.78 Å². The molecule has 5 heteroatoms. The fourth-order valence-corrected chi connectivity index (χ4v) is 2.49. The predicted octanol–water partition coefficient (Wildman–Crippen LogP) is 4.40. The molecule has 0 heterocycles. The largest absolute Gasteiger partial charge is 0.494 e. The number of ether oxygens (including phenoxy) is 1. The summed E-state index contributed by atoms with van der Waals surface area (Å²) in [5.74, 6) is 0.278. The lowest BCUT2D eigenvalue weighted by Gasteiger charge is -2.06. The van der Waals surface area contributed by atoms with Crippen LogP contribution in [0.1, 0.15) is 12.0 Å². The highest BCUT2D eigenvalue weighted by Crippen LogP contribution is 2.23. The second-order valence-electron chi connectivity index (χ2n) is 4.26. The molecule has 21 heavy (non-hydrogen) atoms. The summed E-state index contributed by atoms with van der Waals surface area (Å²) < 4.78 is 31.6. The summed E-state index contributed by atoms with van der Waals surface area (Å²) in [7, 11) is 0. The number of thioether (sulfide) groups is 1. The molecule has 0 amide bonds. The quantitative estimate of drug-likeness (QED) is 0.586. The van der Waals surface area contributed by atoms with Crippen molar-refractivity contribution in [3.05, 3.63) is 59.7 Å². The van der Waals surface area contributed by atoms with Gasteiger partial charge in [0.2, 0.25) is 0 Å². The van der Waals surface area contributed by atoms with Crippen molar-refractivity contribution in [1.82, 2.24) is 0 Å². The van der Waals surface area contributed by atoms with Crippen LogP contribution in [-0.4, -0.2) is 12.4 Å². The molecule has 0 radical (unpaired) electrons. The van der Waals surface area contributed by atoms with E-state index in [2.05, 4.69) is 0 Å².